The Morgan fingerprint density at radius 1 is 1.22 bits per heavy atom. The molecule has 2 heterocycles. The minimum Gasteiger partial charge on any atom is -0.264 e. The van der Waals surface area contributed by atoms with Crippen LogP contribution in [0.1, 0.15) is 33.6 Å². The van der Waals surface area contributed by atoms with E-state index in [-0.39, 0.29) is 17.4 Å². The zero-order chi connectivity index (χ0) is 13.8. The highest BCUT2D eigenvalue weighted by molar-refractivity contribution is 7.89. The minimum absolute atomic E-state index is 0.0107. The molecule has 2 rings (SSSR count). The zero-order valence-corrected chi connectivity index (χ0v) is 12.4. The maximum absolute atomic E-state index is 11.6. The quantitative estimate of drug-likeness (QED) is 0.736. The number of nitrogens with one attached hydrogen (secondary N) is 1. The summed E-state index contributed by atoms with van der Waals surface area (Å²) < 4.78 is 53.6. The topological polar surface area (TPSA) is 89.5 Å². The van der Waals surface area contributed by atoms with E-state index >= 15 is 0 Å². The first-order valence-corrected chi connectivity index (χ1v) is 9.11. The molecule has 0 bridgehead atoms. The summed E-state index contributed by atoms with van der Waals surface area (Å²) in [5.41, 5.74) is -1.33. The van der Waals surface area contributed by atoms with Crippen LogP contribution in [0, 0.1) is 5.92 Å². The molecule has 0 radical (unpaired) electrons. The summed E-state index contributed by atoms with van der Waals surface area (Å²) in [5.74, 6) is -0.115. The van der Waals surface area contributed by atoms with Crippen LogP contribution in [0.15, 0.2) is 0 Å². The van der Waals surface area contributed by atoms with Gasteiger partial charge in [0.05, 0.1) is 17.1 Å². The second-order valence-electron chi connectivity index (χ2n) is 6.05. The predicted octanol–water partition coefficient (Wildman–Crippen LogP) is 0.213. The van der Waals surface area contributed by atoms with Gasteiger partial charge in [0.1, 0.15) is 0 Å². The average Bonchev–Trinajstić information content (AvgIpc) is 2.46. The van der Waals surface area contributed by atoms with Crippen LogP contribution in [0.5, 0.6) is 0 Å². The van der Waals surface area contributed by atoms with Crippen LogP contribution in [0.2, 0.25) is 0 Å². The van der Waals surface area contributed by atoms with E-state index in [2.05, 4.69) is 4.72 Å². The van der Waals surface area contributed by atoms with Gasteiger partial charge in [-0.2, -0.15) is 8.42 Å². The zero-order valence-electron chi connectivity index (χ0n) is 10.8. The Kier molecular flexibility index (Phi) is 3.09. The van der Waals surface area contributed by atoms with E-state index < -0.39 is 31.3 Å². The summed E-state index contributed by atoms with van der Waals surface area (Å²) in [6.45, 7) is 5.36. The van der Waals surface area contributed by atoms with Crippen LogP contribution >= 0.6 is 0 Å². The molecule has 18 heavy (non-hydrogen) atoms. The number of sulfonamides is 1. The third-order valence-corrected chi connectivity index (χ3v) is 6.79. The smallest absolute Gasteiger partial charge is 0.264 e. The molecule has 2 unspecified atom stereocenters. The molecule has 0 aromatic carbocycles. The Morgan fingerprint density at radius 2 is 1.83 bits per heavy atom. The van der Waals surface area contributed by atoms with E-state index in [1.807, 2.05) is 13.8 Å². The largest absolute Gasteiger partial charge is 0.267 e. The third kappa shape index (κ3) is 2.87. The van der Waals surface area contributed by atoms with Gasteiger partial charge in [0.25, 0.3) is 10.1 Å². The van der Waals surface area contributed by atoms with Crippen molar-refractivity contribution < 1.29 is 21.0 Å². The molecule has 8 heteroatoms. The lowest BCUT2D eigenvalue weighted by Crippen LogP contribution is -2.42. The first-order valence-electron chi connectivity index (χ1n) is 5.88. The van der Waals surface area contributed by atoms with Gasteiger partial charge in [-0.15, -0.1) is 0 Å². The van der Waals surface area contributed by atoms with Crippen LogP contribution < -0.4 is 4.72 Å². The Balaban J connectivity index is 2.16. The van der Waals surface area contributed by atoms with Crippen LogP contribution in [-0.4, -0.2) is 39.5 Å². The molecule has 2 atom stereocenters. The highest BCUT2D eigenvalue weighted by Crippen LogP contribution is 2.39. The molecule has 2 aliphatic heterocycles. The van der Waals surface area contributed by atoms with Gasteiger partial charge in [0.2, 0.25) is 10.0 Å². The van der Waals surface area contributed by atoms with Gasteiger partial charge in [0, 0.05) is 5.54 Å². The maximum atomic E-state index is 11.6. The molecule has 0 saturated carbocycles. The van der Waals surface area contributed by atoms with Gasteiger partial charge in [-0.3, -0.25) is 4.18 Å². The lowest BCUT2D eigenvalue weighted by molar-refractivity contribution is 0.0778. The predicted molar refractivity (Wildman–Crippen MR) is 67.0 cm³/mol. The van der Waals surface area contributed by atoms with Gasteiger partial charge in [-0.1, -0.05) is 0 Å². The molecule has 2 fully saturated rings. The standard InChI is InChI=1S/C10H19NO5S2/c1-9(2)8(7-17(12,13)11-9)6-10(3)4-5-18(14,15)16-10/h8,11H,4-7H2,1-3H3. The minimum atomic E-state index is -3.43. The molecular weight excluding hydrogens is 278 g/mol. The molecule has 2 aliphatic rings. The van der Waals surface area contributed by atoms with Crippen LogP contribution in [-0.2, 0) is 24.3 Å². The number of hydrogen-bond donors (Lipinski definition) is 1. The Bertz CT molecular complexity index is 551. The second-order valence-corrected chi connectivity index (χ2v) is 9.51. The summed E-state index contributed by atoms with van der Waals surface area (Å²) in [5, 5.41) is 0. The van der Waals surface area contributed by atoms with Crippen molar-refractivity contribution in [1.29, 1.82) is 0 Å². The highest BCUT2D eigenvalue weighted by atomic mass is 32.2. The van der Waals surface area contributed by atoms with Gasteiger partial charge in [-0.25, -0.2) is 13.1 Å². The second kappa shape index (κ2) is 3.91. The maximum Gasteiger partial charge on any atom is 0.267 e. The summed E-state index contributed by atoms with van der Waals surface area (Å²) in [4.78, 5) is 0. The molecule has 0 amide bonds. The van der Waals surface area contributed by atoms with Crippen molar-refractivity contribution in [1.82, 2.24) is 4.72 Å². The lowest BCUT2D eigenvalue weighted by Gasteiger charge is -2.31. The third-order valence-electron chi connectivity index (χ3n) is 3.75. The molecular formula is C10H19NO5S2. The lowest BCUT2D eigenvalue weighted by atomic mass is 9.80. The van der Waals surface area contributed by atoms with E-state index in [4.69, 9.17) is 4.18 Å². The van der Waals surface area contributed by atoms with E-state index in [9.17, 15) is 16.8 Å². The van der Waals surface area contributed by atoms with E-state index in [1.165, 1.54) is 0 Å². The summed E-state index contributed by atoms with van der Waals surface area (Å²) >= 11 is 0. The van der Waals surface area contributed by atoms with Crippen molar-refractivity contribution >= 4 is 20.1 Å². The Labute approximate surface area is 108 Å². The van der Waals surface area contributed by atoms with Crippen LogP contribution in [0.3, 0.4) is 0 Å². The molecule has 1 N–H and O–H groups in total. The number of rotatable bonds is 2. The van der Waals surface area contributed by atoms with Gasteiger partial charge < -0.3 is 0 Å². The summed E-state index contributed by atoms with van der Waals surface area (Å²) in [7, 11) is -6.69. The summed E-state index contributed by atoms with van der Waals surface area (Å²) in [6, 6.07) is 0. The molecule has 0 aliphatic carbocycles. The van der Waals surface area contributed by atoms with Gasteiger partial charge in [0.15, 0.2) is 0 Å². The highest BCUT2D eigenvalue weighted by Gasteiger charge is 2.49. The number of hydrogen-bond acceptors (Lipinski definition) is 5. The van der Waals surface area contributed by atoms with Gasteiger partial charge >= 0.3 is 0 Å². The fourth-order valence-corrected chi connectivity index (χ4v) is 6.35. The van der Waals surface area contributed by atoms with Crippen molar-refractivity contribution in [3.05, 3.63) is 0 Å². The van der Waals surface area contributed by atoms with Crippen molar-refractivity contribution in [2.24, 2.45) is 5.92 Å². The molecule has 106 valence electrons. The normalized spacial score (nSPS) is 40.9. The SMILES string of the molecule is CC1(CC2CS(=O)(=O)NC2(C)C)CCS(=O)(=O)O1. The molecule has 6 nitrogen and oxygen atoms in total. The molecule has 0 spiro atoms. The van der Waals surface area contributed by atoms with E-state index in [1.54, 1.807) is 6.92 Å². The van der Waals surface area contributed by atoms with Crippen molar-refractivity contribution in [3.8, 4) is 0 Å². The average molecular weight is 297 g/mol. The van der Waals surface area contributed by atoms with Crippen molar-refractivity contribution in [2.45, 2.75) is 44.8 Å². The van der Waals surface area contributed by atoms with Crippen molar-refractivity contribution in [3.63, 3.8) is 0 Å². The monoisotopic (exact) mass is 297 g/mol. The van der Waals surface area contributed by atoms with E-state index in [0.717, 1.165) is 0 Å². The fraction of sp³-hybridized carbons (Fsp3) is 1.00. The Hall–Kier alpha value is -0.180. The molecule has 0 aromatic rings. The van der Waals surface area contributed by atoms with Crippen molar-refractivity contribution in [2.75, 3.05) is 11.5 Å². The molecule has 0 aromatic heterocycles. The first kappa shape index (κ1) is 14.2. The Morgan fingerprint density at radius 3 is 2.22 bits per heavy atom. The fourth-order valence-electron chi connectivity index (χ4n) is 2.70. The summed E-state index contributed by atoms with van der Waals surface area (Å²) in [6.07, 6.45) is 0.841. The van der Waals surface area contributed by atoms with Gasteiger partial charge in [-0.05, 0) is 39.5 Å². The van der Waals surface area contributed by atoms with Crippen LogP contribution in [0.4, 0.5) is 0 Å². The molecule has 2 saturated heterocycles. The van der Waals surface area contributed by atoms with Crippen LogP contribution in [0.25, 0.3) is 0 Å². The van der Waals surface area contributed by atoms with E-state index in [0.29, 0.717) is 12.8 Å². The first-order chi connectivity index (χ1) is 7.93.